The molecule has 2 aliphatic rings. The Morgan fingerprint density at radius 2 is 0.895 bits per heavy atom. The van der Waals surface area contributed by atoms with Gasteiger partial charge in [0.05, 0.1) is 5.69 Å². The van der Waals surface area contributed by atoms with Crippen molar-refractivity contribution < 1.29 is 0 Å². The Bertz CT molecular complexity index is 3070. The number of hydrogen-bond donors (Lipinski definition) is 0. The first-order chi connectivity index (χ1) is 27.8. The standard InChI is InChI=1S/C56H43N/c1-55(2)50-21-10-7-17-46(50)48-33-31-41(35-52(48)55)57(53-23-12-9-16-44(53)39-28-32-43-38(34-39)25-24-36-14-5-6-15-42(36)43)40-29-26-37(27-30-40)45-19-13-20-49-47-18-8-11-22-51(47)56(3,4)54(45)49/h5-35H,1-4H3. The lowest BCUT2D eigenvalue weighted by Gasteiger charge is -2.30. The van der Waals surface area contributed by atoms with Gasteiger partial charge in [-0.05, 0) is 119 Å². The zero-order valence-electron chi connectivity index (χ0n) is 32.8. The second-order valence-corrected chi connectivity index (χ2v) is 16.9. The lowest BCUT2D eigenvalue weighted by molar-refractivity contribution is 0.660. The highest BCUT2D eigenvalue weighted by Gasteiger charge is 2.38. The zero-order valence-corrected chi connectivity index (χ0v) is 32.8. The largest absolute Gasteiger partial charge is 0.310 e. The molecular weight excluding hydrogens is 687 g/mol. The number of anilines is 3. The van der Waals surface area contributed by atoms with Crippen molar-refractivity contribution >= 4 is 38.6 Å². The molecule has 0 N–H and O–H groups in total. The first-order valence-electron chi connectivity index (χ1n) is 20.2. The van der Waals surface area contributed by atoms with Gasteiger partial charge in [0.25, 0.3) is 0 Å². The normalized spacial score (nSPS) is 14.2. The van der Waals surface area contributed by atoms with Crippen LogP contribution in [-0.2, 0) is 10.8 Å². The van der Waals surface area contributed by atoms with E-state index in [1.54, 1.807) is 0 Å². The maximum Gasteiger partial charge on any atom is 0.0540 e. The quantitative estimate of drug-likeness (QED) is 0.159. The van der Waals surface area contributed by atoms with Gasteiger partial charge in [0, 0.05) is 27.8 Å². The van der Waals surface area contributed by atoms with E-state index in [0.717, 1.165) is 17.1 Å². The molecule has 1 nitrogen and oxygen atoms in total. The van der Waals surface area contributed by atoms with Crippen molar-refractivity contribution in [1.29, 1.82) is 0 Å². The summed E-state index contributed by atoms with van der Waals surface area (Å²) in [6, 6.07) is 70.1. The summed E-state index contributed by atoms with van der Waals surface area (Å²) in [5.41, 5.74) is 19.1. The molecule has 2 aliphatic carbocycles. The zero-order chi connectivity index (χ0) is 38.5. The van der Waals surface area contributed by atoms with Gasteiger partial charge in [-0.3, -0.25) is 0 Å². The Hall–Kier alpha value is -6.70. The highest BCUT2D eigenvalue weighted by atomic mass is 15.1. The van der Waals surface area contributed by atoms with Gasteiger partial charge in [-0.15, -0.1) is 0 Å². The first-order valence-corrected chi connectivity index (χ1v) is 20.2. The third kappa shape index (κ3) is 5.02. The molecule has 9 aromatic rings. The molecule has 0 aromatic heterocycles. The molecule has 0 radical (unpaired) electrons. The minimum absolute atomic E-state index is 0.0902. The number of para-hydroxylation sites is 1. The van der Waals surface area contributed by atoms with Crippen LogP contribution in [-0.4, -0.2) is 0 Å². The summed E-state index contributed by atoms with van der Waals surface area (Å²) in [5, 5.41) is 5.08. The predicted octanol–water partition coefficient (Wildman–Crippen LogP) is 15.4. The fraction of sp³-hybridized carbons (Fsp3) is 0.107. The molecule has 9 aromatic carbocycles. The van der Waals surface area contributed by atoms with Gasteiger partial charge in [-0.25, -0.2) is 0 Å². The Kier molecular flexibility index (Phi) is 7.32. The Labute approximate surface area is 335 Å². The van der Waals surface area contributed by atoms with E-state index in [1.807, 2.05) is 0 Å². The predicted molar refractivity (Wildman–Crippen MR) is 242 cm³/mol. The fourth-order valence-electron chi connectivity index (χ4n) is 10.2. The molecule has 11 rings (SSSR count). The van der Waals surface area contributed by atoms with Gasteiger partial charge in [-0.1, -0.05) is 179 Å². The molecule has 272 valence electrons. The van der Waals surface area contributed by atoms with E-state index in [0.29, 0.717) is 0 Å². The number of benzene rings is 9. The Morgan fingerprint density at radius 1 is 0.333 bits per heavy atom. The van der Waals surface area contributed by atoms with E-state index in [-0.39, 0.29) is 10.8 Å². The molecule has 0 saturated heterocycles. The molecular formula is C56H43N. The highest BCUT2D eigenvalue weighted by molar-refractivity contribution is 6.09. The SMILES string of the molecule is CC1(C)c2ccccc2-c2ccc(N(c3ccc(-c4cccc5c4C(C)(C)c4ccccc4-5)cc3)c3ccccc3-c3ccc4c(ccc5ccccc54)c3)cc21. The van der Waals surface area contributed by atoms with Crippen LogP contribution in [0.3, 0.4) is 0 Å². The van der Waals surface area contributed by atoms with Crippen molar-refractivity contribution in [2.24, 2.45) is 0 Å². The molecule has 1 heteroatoms. The summed E-state index contributed by atoms with van der Waals surface area (Å²) in [6.07, 6.45) is 0. The highest BCUT2D eigenvalue weighted by Crippen LogP contribution is 2.54. The maximum atomic E-state index is 2.47. The second kappa shape index (κ2) is 12.4. The summed E-state index contributed by atoms with van der Waals surface area (Å²) in [6.45, 7) is 9.48. The molecule has 0 atom stereocenters. The van der Waals surface area contributed by atoms with E-state index in [9.17, 15) is 0 Å². The average Bonchev–Trinajstić information content (AvgIpc) is 3.63. The van der Waals surface area contributed by atoms with Crippen molar-refractivity contribution in [3.05, 3.63) is 210 Å². The van der Waals surface area contributed by atoms with Crippen LogP contribution in [0.15, 0.2) is 188 Å². The van der Waals surface area contributed by atoms with Gasteiger partial charge in [0.15, 0.2) is 0 Å². The van der Waals surface area contributed by atoms with Crippen LogP contribution >= 0.6 is 0 Å². The Morgan fingerprint density at radius 3 is 1.70 bits per heavy atom. The van der Waals surface area contributed by atoms with E-state index < -0.39 is 0 Å². The number of rotatable bonds is 5. The van der Waals surface area contributed by atoms with Gasteiger partial charge in [0.1, 0.15) is 0 Å². The molecule has 0 unspecified atom stereocenters. The van der Waals surface area contributed by atoms with Crippen LogP contribution in [0.1, 0.15) is 49.9 Å². The van der Waals surface area contributed by atoms with Crippen LogP contribution < -0.4 is 4.90 Å². The minimum atomic E-state index is -0.115. The molecule has 0 fully saturated rings. The molecule has 0 saturated carbocycles. The van der Waals surface area contributed by atoms with Crippen molar-refractivity contribution in [2.45, 2.75) is 38.5 Å². The van der Waals surface area contributed by atoms with Crippen LogP contribution in [0, 0.1) is 0 Å². The smallest absolute Gasteiger partial charge is 0.0540 e. The van der Waals surface area contributed by atoms with E-state index in [2.05, 4.69) is 221 Å². The van der Waals surface area contributed by atoms with Crippen molar-refractivity contribution in [3.63, 3.8) is 0 Å². The van der Waals surface area contributed by atoms with Gasteiger partial charge < -0.3 is 4.90 Å². The van der Waals surface area contributed by atoms with Crippen molar-refractivity contribution in [2.75, 3.05) is 4.90 Å². The molecule has 57 heavy (non-hydrogen) atoms. The van der Waals surface area contributed by atoms with Crippen molar-refractivity contribution in [3.8, 4) is 44.5 Å². The van der Waals surface area contributed by atoms with E-state index in [4.69, 9.17) is 0 Å². The summed E-state index contributed by atoms with van der Waals surface area (Å²) in [5.74, 6) is 0. The lowest BCUT2D eigenvalue weighted by atomic mass is 9.79. The van der Waals surface area contributed by atoms with Crippen LogP contribution in [0.2, 0.25) is 0 Å². The number of hydrogen-bond acceptors (Lipinski definition) is 1. The van der Waals surface area contributed by atoms with Crippen LogP contribution in [0.5, 0.6) is 0 Å². The van der Waals surface area contributed by atoms with Crippen LogP contribution in [0.25, 0.3) is 66.1 Å². The fourth-order valence-corrected chi connectivity index (χ4v) is 10.2. The van der Waals surface area contributed by atoms with Gasteiger partial charge in [0.2, 0.25) is 0 Å². The molecule has 0 amide bonds. The summed E-state index contributed by atoms with van der Waals surface area (Å²) < 4.78 is 0. The van der Waals surface area contributed by atoms with Gasteiger partial charge in [-0.2, -0.15) is 0 Å². The van der Waals surface area contributed by atoms with E-state index in [1.165, 1.54) is 88.3 Å². The number of nitrogens with zero attached hydrogens (tertiary/aromatic N) is 1. The lowest BCUT2D eigenvalue weighted by Crippen LogP contribution is -2.17. The summed E-state index contributed by atoms with van der Waals surface area (Å²) in [7, 11) is 0. The molecule has 0 spiro atoms. The minimum Gasteiger partial charge on any atom is -0.310 e. The average molecular weight is 730 g/mol. The Balaban J connectivity index is 1.08. The second-order valence-electron chi connectivity index (χ2n) is 16.9. The third-order valence-corrected chi connectivity index (χ3v) is 13.0. The summed E-state index contributed by atoms with van der Waals surface area (Å²) >= 11 is 0. The van der Waals surface area contributed by atoms with E-state index >= 15 is 0 Å². The number of fused-ring (bicyclic) bond motifs is 9. The summed E-state index contributed by atoms with van der Waals surface area (Å²) in [4.78, 5) is 2.47. The van der Waals surface area contributed by atoms with Gasteiger partial charge >= 0.3 is 0 Å². The van der Waals surface area contributed by atoms with Crippen LogP contribution in [0.4, 0.5) is 17.1 Å². The first kappa shape index (κ1) is 33.6. The molecule has 0 bridgehead atoms. The molecule has 0 heterocycles. The maximum absolute atomic E-state index is 2.47. The molecule has 0 aliphatic heterocycles. The third-order valence-electron chi connectivity index (χ3n) is 13.0. The topological polar surface area (TPSA) is 3.24 Å². The van der Waals surface area contributed by atoms with Crippen molar-refractivity contribution in [1.82, 2.24) is 0 Å². The monoisotopic (exact) mass is 729 g/mol.